The summed E-state index contributed by atoms with van der Waals surface area (Å²) >= 11 is 0. The summed E-state index contributed by atoms with van der Waals surface area (Å²) in [6, 6.07) is 4.97. The van der Waals surface area contributed by atoms with Crippen LogP contribution in [0, 0.1) is 0 Å². The molecule has 94 valence electrons. The molecule has 0 saturated heterocycles. The van der Waals surface area contributed by atoms with Crippen LogP contribution in [-0.4, -0.2) is 26.5 Å². The Labute approximate surface area is 105 Å². The van der Waals surface area contributed by atoms with Gasteiger partial charge in [0, 0.05) is 25.0 Å². The Bertz CT molecular complexity index is 523. The third-order valence-electron chi connectivity index (χ3n) is 2.42. The zero-order valence-corrected chi connectivity index (χ0v) is 10.1. The molecule has 1 atom stereocenters. The highest BCUT2D eigenvalue weighted by molar-refractivity contribution is 5.92. The van der Waals surface area contributed by atoms with Crippen LogP contribution in [0.25, 0.3) is 0 Å². The van der Waals surface area contributed by atoms with Crippen molar-refractivity contribution < 1.29 is 4.79 Å². The summed E-state index contributed by atoms with van der Waals surface area (Å²) < 4.78 is 1.90. The standard InChI is InChI=1S/C12H15N5O/c1-9(7-17-6-5-14-8-17)15-12(18)10-3-2-4-11(13)16-10/h2-6,8-9H,7H2,1H3,(H2,13,16)(H,15,18). The first-order valence-corrected chi connectivity index (χ1v) is 5.64. The Morgan fingerprint density at radius 3 is 3.06 bits per heavy atom. The molecule has 0 aliphatic carbocycles. The molecule has 0 bridgehead atoms. The molecule has 1 unspecified atom stereocenters. The summed E-state index contributed by atoms with van der Waals surface area (Å²) in [5.41, 5.74) is 5.86. The molecule has 2 aromatic rings. The summed E-state index contributed by atoms with van der Waals surface area (Å²) in [6.07, 6.45) is 5.26. The number of imidazole rings is 1. The Morgan fingerprint density at radius 1 is 1.56 bits per heavy atom. The zero-order chi connectivity index (χ0) is 13.0. The molecule has 3 N–H and O–H groups in total. The van der Waals surface area contributed by atoms with E-state index in [1.165, 1.54) is 0 Å². The van der Waals surface area contributed by atoms with Crippen LogP contribution in [0.4, 0.5) is 5.82 Å². The van der Waals surface area contributed by atoms with Crippen molar-refractivity contribution in [1.82, 2.24) is 19.9 Å². The number of nitrogens with zero attached hydrogens (tertiary/aromatic N) is 3. The molecule has 0 spiro atoms. The highest BCUT2D eigenvalue weighted by atomic mass is 16.1. The van der Waals surface area contributed by atoms with Crippen molar-refractivity contribution >= 4 is 11.7 Å². The molecule has 18 heavy (non-hydrogen) atoms. The van der Waals surface area contributed by atoms with Gasteiger partial charge in [-0.1, -0.05) is 6.07 Å². The van der Waals surface area contributed by atoms with Gasteiger partial charge in [-0.15, -0.1) is 0 Å². The first-order chi connectivity index (χ1) is 8.65. The number of nitrogen functional groups attached to an aromatic ring is 1. The van der Waals surface area contributed by atoms with E-state index in [1.54, 1.807) is 30.7 Å². The van der Waals surface area contributed by atoms with E-state index in [1.807, 2.05) is 17.7 Å². The molecule has 6 nitrogen and oxygen atoms in total. The third kappa shape index (κ3) is 3.07. The number of hydrogen-bond acceptors (Lipinski definition) is 4. The smallest absolute Gasteiger partial charge is 0.270 e. The molecule has 0 aliphatic heterocycles. The van der Waals surface area contributed by atoms with Crippen LogP contribution in [-0.2, 0) is 6.54 Å². The summed E-state index contributed by atoms with van der Waals surface area (Å²) in [7, 11) is 0. The van der Waals surface area contributed by atoms with Gasteiger partial charge in [-0.3, -0.25) is 4.79 Å². The van der Waals surface area contributed by atoms with E-state index in [-0.39, 0.29) is 11.9 Å². The summed E-state index contributed by atoms with van der Waals surface area (Å²) in [4.78, 5) is 19.8. The summed E-state index contributed by atoms with van der Waals surface area (Å²) in [5.74, 6) is 0.111. The number of nitrogens with one attached hydrogen (secondary N) is 1. The average Bonchev–Trinajstić information content (AvgIpc) is 2.81. The van der Waals surface area contributed by atoms with Gasteiger partial charge in [-0.25, -0.2) is 9.97 Å². The Kier molecular flexibility index (Phi) is 3.57. The maximum Gasteiger partial charge on any atom is 0.270 e. The average molecular weight is 245 g/mol. The maximum atomic E-state index is 11.9. The number of pyridine rings is 1. The molecule has 0 fully saturated rings. The summed E-state index contributed by atoms with van der Waals surface area (Å²) in [5, 5.41) is 2.86. The number of hydrogen-bond donors (Lipinski definition) is 2. The molecule has 2 rings (SSSR count). The van der Waals surface area contributed by atoms with Gasteiger partial charge >= 0.3 is 0 Å². The van der Waals surface area contributed by atoms with Gasteiger partial charge in [-0.2, -0.15) is 0 Å². The second kappa shape index (κ2) is 5.31. The van der Waals surface area contributed by atoms with Crippen LogP contribution in [0.1, 0.15) is 17.4 Å². The fraction of sp³-hybridized carbons (Fsp3) is 0.250. The first-order valence-electron chi connectivity index (χ1n) is 5.64. The van der Waals surface area contributed by atoms with E-state index in [9.17, 15) is 4.79 Å². The van der Waals surface area contributed by atoms with Gasteiger partial charge in [0.15, 0.2) is 0 Å². The van der Waals surface area contributed by atoms with Crippen molar-refractivity contribution in [2.24, 2.45) is 0 Å². The number of carbonyl (C=O) groups excluding carboxylic acids is 1. The topological polar surface area (TPSA) is 85.8 Å². The van der Waals surface area contributed by atoms with Crippen LogP contribution < -0.4 is 11.1 Å². The minimum atomic E-state index is -0.227. The van der Waals surface area contributed by atoms with Gasteiger partial charge in [0.2, 0.25) is 0 Å². The van der Waals surface area contributed by atoms with Crippen LogP contribution in [0.5, 0.6) is 0 Å². The van der Waals surface area contributed by atoms with Gasteiger partial charge in [0.05, 0.1) is 6.33 Å². The van der Waals surface area contributed by atoms with Gasteiger partial charge < -0.3 is 15.6 Å². The molecule has 1 amide bonds. The molecular weight excluding hydrogens is 230 g/mol. The predicted molar refractivity (Wildman–Crippen MR) is 67.8 cm³/mol. The molecular formula is C12H15N5O. The lowest BCUT2D eigenvalue weighted by atomic mass is 10.3. The number of anilines is 1. The third-order valence-corrected chi connectivity index (χ3v) is 2.42. The van der Waals surface area contributed by atoms with Crippen molar-refractivity contribution in [3.05, 3.63) is 42.6 Å². The van der Waals surface area contributed by atoms with Gasteiger partial charge in [-0.05, 0) is 19.1 Å². The lowest BCUT2D eigenvalue weighted by Crippen LogP contribution is -2.35. The first kappa shape index (κ1) is 12.1. The van der Waals surface area contributed by atoms with Crippen LogP contribution in [0.2, 0.25) is 0 Å². The fourth-order valence-electron chi connectivity index (χ4n) is 1.63. The van der Waals surface area contributed by atoms with E-state index in [0.29, 0.717) is 18.1 Å². The van der Waals surface area contributed by atoms with Gasteiger partial charge in [0.25, 0.3) is 5.91 Å². The van der Waals surface area contributed by atoms with Crippen LogP contribution in [0.3, 0.4) is 0 Å². The van der Waals surface area contributed by atoms with E-state index < -0.39 is 0 Å². The fourth-order valence-corrected chi connectivity index (χ4v) is 1.63. The van der Waals surface area contributed by atoms with Gasteiger partial charge in [0.1, 0.15) is 11.5 Å². The SMILES string of the molecule is CC(Cn1ccnc1)NC(=O)c1cccc(N)n1. The predicted octanol–water partition coefficient (Wildman–Crippen LogP) is 0.679. The largest absolute Gasteiger partial charge is 0.384 e. The number of aromatic nitrogens is 3. The van der Waals surface area contributed by atoms with Crippen molar-refractivity contribution in [3.8, 4) is 0 Å². The van der Waals surface area contributed by atoms with E-state index >= 15 is 0 Å². The van der Waals surface area contributed by atoms with Crippen molar-refractivity contribution in [2.75, 3.05) is 5.73 Å². The zero-order valence-electron chi connectivity index (χ0n) is 10.1. The van der Waals surface area contributed by atoms with Crippen LogP contribution >= 0.6 is 0 Å². The van der Waals surface area contributed by atoms with Crippen molar-refractivity contribution in [1.29, 1.82) is 0 Å². The lowest BCUT2D eigenvalue weighted by molar-refractivity contribution is 0.0932. The number of rotatable bonds is 4. The Balaban J connectivity index is 1.95. The lowest BCUT2D eigenvalue weighted by Gasteiger charge is -2.14. The number of amides is 1. The van der Waals surface area contributed by atoms with E-state index in [0.717, 1.165) is 0 Å². The minimum Gasteiger partial charge on any atom is -0.384 e. The summed E-state index contributed by atoms with van der Waals surface area (Å²) in [6.45, 7) is 2.58. The van der Waals surface area contributed by atoms with Crippen molar-refractivity contribution in [3.63, 3.8) is 0 Å². The molecule has 0 aromatic carbocycles. The Hall–Kier alpha value is -2.37. The minimum absolute atomic E-state index is 0.0186. The second-order valence-corrected chi connectivity index (χ2v) is 4.08. The Morgan fingerprint density at radius 2 is 2.39 bits per heavy atom. The maximum absolute atomic E-state index is 11.9. The van der Waals surface area contributed by atoms with Crippen molar-refractivity contribution in [2.45, 2.75) is 19.5 Å². The molecule has 6 heteroatoms. The second-order valence-electron chi connectivity index (χ2n) is 4.08. The molecule has 2 heterocycles. The monoisotopic (exact) mass is 245 g/mol. The normalized spacial score (nSPS) is 12.1. The highest BCUT2D eigenvalue weighted by Crippen LogP contribution is 2.01. The quantitative estimate of drug-likeness (QED) is 0.829. The molecule has 0 aliphatic rings. The van der Waals surface area contributed by atoms with E-state index in [4.69, 9.17) is 5.73 Å². The molecule has 2 aromatic heterocycles. The molecule has 0 saturated carbocycles. The van der Waals surface area contributed by atoms with E-state index in [2.05, 4.69) is 15.3 Å². The molecule has 0 radical (unpaired) electrons. The number of carbonyl (C=O) groups is 1. The highest BCUT2D eigenvalue weighted by Gasteiger charge is 2.11. The number of nitrogens with two attached hydrogens (primary N) is 1. The van der Waals surface area contributed by atoms with Crippen LogP contribution in [0.15, 0.2) is 36.9 Å².